The van der Waals surface area contributed by atoms with Crippen molar-refractivity contribution in [3.8, 4) is 10.4 Å². The molecular formula is C22H27N5S. The topological polar surface area (TPSA) is 35.5 Å². The average molecular weight is 394 g/mol. The van der Waals surface area contributed by atoms with Gasteiger partial charge >= 0.3 is 0 Å². The first-order valence-corrected chi connectivity index (χ1v) is 11.1. The van der Waals surface area contributed by atoms with Crippen molar-refractivity contribution >= 4 is 27.4 Å². The molecule has 6 heteroatoms. The highest BCUT2D eigenvalue weighted by atomic mass is 32.1. The number of hydrogen-bond donors (Lipinski definition) is 0. The molecule has 5 rings (SSSR count). The number of piperazine rings is 1. The van der Waals surface area contributed by atoms with Gasteiger partial charge in [0.2, 0.25) is 0 Å². The number of benzene rings is 1. The van der Waals surface area contributed by atoms with Crippen LogP contribution in [0.3, 0.4) is 0 Å². The molecule has 0 bridgehead atoms. The van der Waals surface area contributed by atoms with E-state index in [1.807, 2.05) is 0 Å². The molecule has 2 fully saturated rings. The summed E-state index contributed by atoms with van der Waals surface area (Å²) >= 11 is 1.76. The first-order chi connectivity index (χ1) is 13.8. The quantitative estimate of drug-likeness (QED) is 0.680. The number of thiophene rings is 1. The molecule has 2 aliphatic rings. The summed E-state index contributed by atoms with van der Waals surface area (Å²) in [4.78, 5) is 19.2. The predicted octanol–water partition coefficient (Wildman–Crippen LogP) is 3.57. The number of anilines is 1. The lowest BCUT2D eigenvalue weighted by molar-refractivity contribution is 0.0981. The minimum atomic E-state index is 0.727. The summed E-state index contributed by atoms with van der Waals surface area (Å²) in [6.45, 7) is 6.99. The van der Waals surface area contributed by atoms with Gasteiger partial charge in [-0.05, 0) is 31.5 Å². The smallest absolute Gasteiger partial charge is 0.140 e. The fraction of sp³-hybridized carbons (Fsp3) is 0.455. The molecule has 0 radical (unpaired) electrons. The highest BCUT2D eigenvalue weighted by Gasteiger charge is 2.28. The molecule has 2 aromatic heterocycles. The van der Waals surface area contributed by atoms with E-state index in [0.717, 1.165) is 29.8 Å². The van der Waals surface area contributed by atoms with Gasteiger partial charge in [-0.1, -0.05) is 30.3 Å². The second-order valence-electron chi connectivity index (χ2n) is 7.95. The van der Waals surface area contributed by atoms with Gasteiger partial charge < -0.3 is 9.80 Å². The summed E-state index contributed by atoms with van der Waals surface area (Å²) in [5, 5.41) is 1.20. The lowest BCUT2D eigenvalue weighted by Crippen LogP contribution is -2.52. The van der Waals surface area contributed by atoms with Gasteiger partial charge in [-0.15, -0.1) is 11.3 Å². The van der Waals surface area contributed by atoms with Crippen LogP contribution < -0.4 is 4.90 Å². The predicted molar refractivity (Wildman–Crippen MR) is 117 cm³/mol. The van der Waals surface area contributed by atoms with Crippen LogP contribution in [0.4, 0.5) is 5.82 Å². The molecule has 2 aliphatic heterocycles. The van der Waals surface area contributed by atoms with Crippen LogP contribution in [0.2, 0.25) is 0 Å². The Balaban J connectivity index is 1.33. The van der Waals surface area contributed by atoms with E-state index in [1.165, 1.54) is 54.8 Å². The van der Waals surface area contributed by atoms with Crippen LogP contribution >= 0.6 is 11.3 Å². The van der Waals surface area contributed by atoms with Crippen molar-refractivity contribution < 1.29 is 0 Å². The number of piperidine rings is 1. The molecule has 1 aromatic carbocycles. The molecule has 5 nitrogen and oxygen atoms in total. The lowest BCUT2D eigenvalue weighted by atomic mass is 10.0. The van der Waals surface area contributed by atoms with Gasteiger partial charge in [0.1, 0.15) is 17.0 Å². The summed E-state index contributed by atoms with van der Waals surface area (Å²) in [6.07, 6.45) is 4.19. The third kappa shape index (κ3) is 3.52. The zero-order valence-electron chi connectivity index (χ0n) is 16.4. The van der Waals surface area contributed by atoms with Gasteiger partial charge in [0.25, 0.3) is 0 Å². The molecule has 2 saturated heterocycles. The van der Waals surface area contributed by atoms with Crippen LogP contribution in [0.15, 0.2) is 42.7 Å². The Morgan fingerprint density at radius 2 is 1.68 bits per heavy atom. The zero-order chi connectivity index (χ0) is 18.9. The fourth-order valence-corrected chi connectivity index (χ4v) is 5.47. The van der Waals surface area contributed by atoms with E-state index < -0.39 is 0 Å². The first-order valence-electron chi connectivity index (χ1n) is 10.3. The zero-order valence-corrected chi connectivity index (χ0v) is 17.2. The Hall–Kier alpha value is -2.02. The second-order valence-corrected chi connectivity index (χ2v) is 8.98. The Morgan fingerprint density at radius 1 is 0.929 bits per heavy atom. The Bertz CT molecular complexity index is 925. The molecule has 0 N–H and O–H groups in total. The van der Waals surface area contributed by atoms with E-state index in [0.29, 0.717) is 0 Å². The van der Waals surface area contributed by atoms with Gasteiger partial charge in [0, 0.05) is 50.2 Å². The monoisotopic (exact) mass is 393 g/mol. The molecule has 146 valence electrons. The lowest BCUT2D eigenvalue weighted by Gasteiger charge is -2.42. The highest BCUT2D eigenvalue weighted by molar-refractivity contribution is 7.21. The maximum Gasteiger partial charge on any atom is 0.140 e. The Labute approximate surface area is 170 Å². The van der Waals surface area contributed by atoms with E-state index in [9.17, 15) is 0 Å². The number of nitrogens with zero attached hydrogens (tertiary/aromatic N) is 5. The second kappa shape index (κ2) is 7.78. The van der Waals surface area contributed by atoms with Crippen molar-refractivity contribution in [2.45, 2.75) is 18.9 Å². The van der Waals surface area contributed by atoms with Gasteiger partial charge in [0.05, 0.1) is 5.39 Å². The summed E-state index contributed by atoms with van der Waals surface area (Å²) in [7, 11) is 2.23. The normalized spacial score (nSPS) is 20.1. The third-order valence-electron chi connectivity index (χ3n) is 6.18. The van der Waals surface area contributed by atoms with Crippen molar-refractivity contribution in [2.24, 2.45) is 0 Å². The number of fused-ring (bicyclic) bond motifs is 1. The standard InChI is InChI=1S/C22H27N5S/c1-25-11-13-26(14-12-25)18-7-9-27(10-8-18)21-19-15-20(17-5-3-2-4-6-17)28-22(19)24-16-23-21/h2-6,15-16,18H,7-14H2,1H3. The molecule has 28 heavy (non-hydrogen) atoms. The largest absolute Gasteiger partial charge is 0.356 e. The van der Waals surface area contributed by atoms with Gasteiger partial charge in [-0.2, -0.15) is 0 Å². The number of aromatic nitrogens is 2. The van der Waals surface area contributed by atoms with Crippen LogP contribution in [-0.4, -0.2) is 72.1 Å². The number of rotatable bonds is 3. The van der Waals surface area contributed by atoms with Crippen molar-refractivity contribution in [3.63, 3.8) is 0 Å². The first kappa shape index (κ1) is 18.0. The molecule has 0 aliphatic carbocycles. The summed E-state index contributed by atoms with van der Waals surface area (Å²) < 4.78 is 0. The molecule has 4 heterocycles. The van der Waals surface area contributed by atoms with Crippen molar-refractivity contribution in [3.05, 3.63) is 42.7 Å². The van der Waals surface area contributed by atoms with E-state index in [4.69, 9.17) is 0 Å². The summed E-state index contributed by atoms with van der Waals surface area (Å²) in [5.41, 5.74) is 1.25. The molecule has 0 spiro atoms. The third-order valence-corrected chi connectivity index (χ3v) is 7.28. The van der Waals surface area contributed by atoms with Crippen molar-refractivity contribution in [1.82, 2.24) is 19.8 Å². The van der Waals surface area contributed by atoms with Crippen molar-refractivity contribution in [1.29, 1.82) is 0 Å². The van der Waals surface area contributed by atoms with Gasteiger partial charge in [-0.25, -0.2) is 9.97 Å². The Kier molecular flexibility index (Phi) is 5.01. The number of likely N-dealkylation sites (N-methyl/N-ethyl adjacent to an activating group) is 1. The summed E-state index contributed by atoms with van der Waals surface area (Å²) in [6, 6.07) is 13.6. The SMILES string of the molecule is CN1CCN(C2CCN(c3ncnc4sc(-c5ccccc5)cc34)CC2)CC1. The molecule has 0 atom stereocenters. The van der Waals surface area contributed by atoms with Crippen LogP contribution in [0.5, 0.6) is 0 Å². The molecule has 0 saturated carbocycles. The Morgan fingerprint density at radius 3 is 2.43 bits per heavy atom. The van der Waals surface area contributed by atoms with Crippen LogP contribution in [0.1, 0.15) is 12.8 Å². The summed E-state index contributed by atoms with van der Waals surface area (Å²) in [5.74, 6) is 1.11. The van der Waals surface area contributed by atoms with Gasteiger partial charge in [0.15, 0.2) is 0 Å². The highest BCUT2D eigenvalue weighted by Crippen LogP contribution is 2.36. The molecule has 0 unspecified atom stereocenters. The van der Waals surface area contributed by atoms with Crippen LogP contribution in [0.25, 0.3) is 20.7 Å². The van der Waals surface area contributed by atoms with Gasteiger partial charge in [-0.3, -0.25) is 4.90 Å². The van der Waals surface area contributed by atoms with E-state index in [1.54, 1.807) is 17.7 Å². The minimum Gasteiger partial charge on any atom is -0.356 e. The fourth-order valence-electron chi connectivity index (χ4n) is 4.47. The molecule has 3 aromatic rings. The average Bonchev–Trinajstić information content (AvgIpc) is 3.20. The maximum atomic E-state index is 4.69. The van der Waals surface area contributed by atoms with Crippen LogP contribution in [0, 0.1) is 0 Å². The minimum absolute atomic E-state index is 0.727. The molecule has 0 amide bonds. The van der Waals surface area contributed by atoms with E-state index in [-0.39, 0.29) is 0 Å². The van der Waals surface area contributed by atoms with Crippen molar-refractivity contribution in [2.75, 3.05) is 51.2 Å². The molecular weight excluding hydrogens is 366 g/mol. The van der Waals surface area contributed by atoms with Crippen LogP contribution in [-0.2, 0) is 0 Å². The van der Waals surface area contributed by atoms with E-state index in [2.05, 4.69) is 68.1 Å². The number of hydrogen-bond acceptors (Lipinski definition) is 6. The maximum absolute atomic E-state index is 4.69. The van der Waals surface area contributed by atoms with E-state index >= 15 is 0 Å².